The Bertz CT molecular complexity index is 3100. The number of nitrogens with two attached hydrogens (primary N) is 2. The van der Waals surface area contributed by atoms with E-state index in [4.69, 9.17) is 38.7 Å². The summed E-state index contributed by atoms with van der Waals surface area (Å²) >= 11 is 0. The van der Waals surface area contributed by atoms with Crippen LogP contribution in [-0.4, -0.2) is 90.7 Å². The van der Waals surface area contributed by atoms with Crippen LogP contribution in [-0.2, 0) is 45.8 Å². The van der Waals surface area contributed by atoms with E-state index >= 15 is 0 Å². The number of rotatable bonds is 8. The molecule has 70 heavy (non-hydrogen) atoms. The number of methoxy groups -OCH3 is 2. The van der Waals surface area contributed by atoms with Gasteiger partial charge in [0.25, 0.3) is 0 Å². The van der Waals surface area contributed by atoms with Gasteiger partial charge in [0, 0.05) is 70.5 Å². The topological polar surface area (TPSA) is 286 Å². The smallest absolute Gasteiger partial charge is 0.354 e. The van der Waals surface area contributed by atoms with E-state index in [1.807, 2.05) is 52.0 Å². The van der Waals surface area contributed by atoms with E-state index in [0.717, 1.165) is 33.4 Å². The minimum atomic E-state index is -3.62. The van der Waals surface area contributed by atoms with Gasteiger partial charge in [-0.15, -0.1) is 8.73 Å². The number of carbonyl (C=O) groups is 2. The molecule has 6 N–H and O–H groups in total. The van der Waals surface area contributed by atoms with Gasteiger partial charge in [-0.3, -0.25) is 0 Å². The summed E-state index contributed by atoms with van der Waals surface area (Å²) in [6.45, 7) is 11.1. The lowest BCUT2D eigenvalue weighted by atomic mass is 9.94. The van der Waals surface area contributed by atoms with Gasteiger partial charge in [-0.2, -0.15) is 10.2 Å². The molecule has 0 saturated heterocycles. The molecule has 0 fully saturated rings. The highest BCUT2D eigenvalue weighted by molar-refractivity contribution is 7.92. The molecule has 4 amide bonds. The molecular formula is C46H52N12O10S2. The summed E-state index contributed by atoms with van der Waals surface area (Å²) < 4.78 is 70.8. The summed E-state index contributed by atoms with van der Waals surface area (Å²) in [4.78, 5) is 34.5. The van der Waals surface area contributed by atoms with Crippen LogP contribution < -0.4 is 49.3 Å². The van der Waals surface area contributed by atoms with Gasteiger partial charge in [-0.25, -0.2) is 47.6 Å². The number of anilines is 2. The second-order valence-corrected chi connectivity index (χ2v) is 21.8. The van der Waals surface area contributed by atoms with Crippen molar-refractivity contribution >= 4 is 43.3 Å². The highest BCUT2D eigenvalue weighted by Crippen LogP contribution is 2.42. The van der Waals surface area contributed by atoms with Crippen molar-refractivity contribution in [1.82, 2.24) is 29.5 Å². The number of ether oxygens (including phenoxy) is 6. The van der Waals surface area contributed by atoms with Gasteiger partial charge in [0.2, 0.25) is 23.5 Å². The SMILES string of the molecule is COc1cc(-c2ccc3c(c2NC(=O)N=S(N)(=O)c2cnn4c2OCC(C)(C)C4)CCO3)ccn1.COc1cc(-c2ccc3c(c2NC(=O)N=S(N)(=O)c2cnn4c2OCC(C)(C)C4)CCO3)ccn1. The predicted molar refractivity (Wildman–Crippen MR) is 258 cm³/mol. The first-order valence-electron chi connectivity index (χ1n) is 22.0. The van der Waals surface area contributed by atoms with Gasteiger partial charge in [0.15, 0.2) is 19.8 Å². The third-order valence-corrected chi connectivity index (χ3v) is 14.4. The van der Waals surface area contributed by atoms with Crippen molar-refractivity contribution in [3.05, 3.63) is 84.4 Å². The number of hydrogen-bond acceptors (Lipinski definition) is 14. The maximum Gasteiger partial charge on any atom is 0.354 e. The largest absolute Gasteiger partial charge is 0.493 e. The van der Waals surface area contributed by atoms with Crippen LogP contribution in [0.4, 0.5) is 21.0 Å². The van der Waals surface area contributed by atoms with E-state index in [1.54, 1.807) is 46.0 Å². The van der Waals surface area contributed by atoms with E-state index in [0.29, 0.717) is 87.0 Å². The molecule has 2 atom stereocenters. The minimum Gasteiger partial charge on any atom is -0.493 e. The van der Waals surface area contributed by atoms with Crippen molar-refractivity contribution in [2.24, 2.45) is 29.8 Å². The molecule has 0 spiro atoms. The number of benzene rings is 2. The van der Waals surface area contributed by atoms with Crippen LogP contribution in [0.15, 0.2) is 91.8 Å². The number of amides is 4. The third kappa shape index (κ3) is 9.79. The van der Waals surface area contributed by atoms with E-state index in [1.165, 1.54) is 26.6 Å². The fourth-order valence-electron chi connectivity index (χ4n) is 8.36. The number of carbonyl (C=O) groups excluding carboxylic acids is 2. The van der Waals surface area contributed by atoms with E-state index in [2.05, 4.69) is 39.5 Å². The molecule has 4 aliphatic rings. The van der Waals surface area contributed by atoms with Crippen LogP contribution in [0.5, 0.6) is 35.0 Å². The lowest BCUT2D eigenvalue weighted by molar-refractivity contribution is 0.0972. The minimum absolute atomic E-state index is 0.0869. The molecule has 0 aliphatic carbocycles. The summed E-state index contributed by atoms with van der Waals surface area (Å²) in [6, 6.07) is 12.8. The summed E-state index contributed by atoms with van der Waals surface area (Å²) in [5, 5.41) is 26.1. The average molecular weight is 997 g/mol. The lowest BCUT2D eigenvalue weighted by Crippen LogP contribution is -2.33. The normalized spacial score (nSPS) is 17.3. The highest BCUT2D eigenvalue weighted by atomic mass is 32.2. The van der Waals surface area contributed by atoms with Crippen LogP contribution in [0.25, 0.3) is 22.3 Å². The molecule has 368 valence electrons. The fourth-order valence-corrected chi connectivity index (χ4v) is 10.4. The van der Waals surface area contributed by atoms with Gasteiger partial charge in [0.1, 0.15) is 21.3 Å². The van der Waals surface area contributed by atoms with Crippen molar-refractivity contribution in [1.29, 1.82) is 0 Å². The van der Waals surface area contributed by atoms with E-state index < -0.39 is 31.9 Å². The van der Waals surface area contributed by atoms with Crippen molar-refractivity contribution < 1.29 is 46.4 Å². The van der Waals surface area contributed by atoms with Crippen LogP contribution >= 0.6 is 0 Å². The quantitative estimate of drug-likeness (QED) is 0.127. The van der Waals surface area contributed by atoms with Crippen LogP contribution in [0.3, 0.4) is 0 Å². The molecule has 0 radical (unpaired) electrons. The Balaban J connectivity index is 0.000000174. The third-order valence-electron chi connectivity index (χ3n) is 11.7. The van der Waals surface area contributed by atoms with Crippen molar-refractivity contribution in [3.8, 4) is 57.3 Å². The average Bonchev–Trinajstić information content (AvgIpc) is 4.15. The first-order chi connectivity index (χ1) is 33.3. The first-order valence-corrected chi connectivity index (χ1v) is 25.2. The Morgan fingerprint density at radius 2 is 1.07 bits per heavy atom. The molecule has 2 aromatic carbocycles. The van der Waals surface area contributed by atoms with Crippen LogP contribution in [0.2, 0.25) is 0 Å². The molecule has 10 rings (SSSR count). The zero-order chi connectivity index (χ0) is 49.6. The Labute approximate surface area is 404 Å². The zero-order valence-electron chi connectivity index (χ0n) is 39.2. The molecule has 4 aliphatic heterocycles. The van der Waals surface area contributed by atoms with E-state index in [-0.39, 0.29) is 32.4 Å². The Morgan fingerprint density at radius 3 is 1.47 bits per heavy atom. The number of fused-ring (bicyclic) bond motifs is 4. The number of nitrogens with zero attached hydrogens (tertiary/aromatic N) is 8. The van der Waals surface area contributed by atoms with Crippen molar-refractivity contribution in [3.63, 3.8) is 0 Å². The monoisotopic (exact) mass is 996 g/mol. The first kappa shape index (κ1) is 47.8. The second-order valence-electron chi connectivity index (χ2n) is 18.3. The zero-order valence-corrected chi connectivity index (χ0v) is 40.8. The Hall–Kier alpha value is -7.28. The summed E-state index contributed by atoms with van der Waals surface area (Å²) in [6.07, 6.45) is 7.12. The number of urea groups is 2. The van der Waals surface area contributed by atoms with Gasteiger partial charge in [-0.05, 0) is 47.5 Å². The van der Waals surface area contributed by atoms with Gasteiger partial charge < -0.3 is 39.1 Å². The van der Waals surface area contributed by atoms with Crippen LogP contribution in [0, 0.1) is 10.8 Å². The van der Waals surface area contributed by atoms with Gasteiger partial charge in [-0.1, -0.05) is 27.7 Å². The Kier molecular flexibility index (Phi) is 12.7. The maximum atomic E-state index is 13.3. The number of pyridine rings is 2. The molecule has 6 aromatic rings. The van der Waals surface area contributed by atoms with Crippen LogP contribution in [0.1, 0.15) is 38.8 Å². The van der Waals surface area contributed by atoms with Crippen molar-refractivity contribution in [2.45, 2.75) is 63.4 Å². The van der Waals surface area contributed by atoms with Gasteiger partial charge >= 0.3 is 12.1 Å². The van der Waals surface area contributed by atoms with Gasteiger partial charge in [0.05, 0.1) is 77.5 Å². The molecule has 0 bridgehead atoms. The Morgan fingerprint density at radius 1 is 0.657 bits per heavy atom. The molecule has 2 unspecified atom stereocenters. The maximum absolute atomic E-state index is 13.3. The summed E-state index contributed by atoms with van der Waals surface area (Å²) in [5.41, 5.74) is 5.36. The standard InChI is InChI=1S/2C23H26N6O5S/c2*1-23(2)12-29-21(34-13-23)18(11-26-29)35(24,31)28-22(30)27-20-15(4-5-17-16(20)7-9-33-17)14-6-8-25-19(10-14)32-3/h2*4-6,8,10-11H,7,9,12-13H2,1-3H3,(H3,24,27,28,30,31). The molecule has 8 heterocycles. The molecular weight excluding hydrogens is 945 g/mol. The predicted octanol–water partition coefficient (Wildman–Crippen LogP) is 6.48. The lowest BCUT2D eigenvalue weighted by Gasteiger charge is -2.30. The number of hydrogen-bond donors (Lipinski definition) is 4. The summed E-state index contributed by atoms with van der Waals surface area (Å²) in [5.74, 6) is 2.74. The summed E-state index contributed by atoms with van der Waals surface area (Å²) in [7, 11) is -4.19. The van der Waals surface area contributed by atoms with Crippen molar-refractivity contribution in [2.75, 3.05) is 51.3 Å². The number of nitrogens with one attached hydrogen (secondary N) is 2. The highest BCUT2D eigenvalue weighted by Gasteiger charge is 2.34. The second kappa shape index (κ2) is 18.6. The fraction of sp³-hybridized carbons (Fsp3) is 0.348. The number of aromatic nitrogens is 6. The molecule has 22 nitrogen and oxygen atoms in total. The molecule has 4 aromatic heterocycles. The molecule has 0 saturated carbocycles. The van der Waals surface area contributed by atoms with E-state index in [9.17, 15) is 18.0 Å². The molecule has 24 heteroatoms.